The van der Waals surface area contributed by atoms with Crippen molar-refractivity contribution < 1.29 is 18.7 Å². The molecule has 31 heavy (non-hydrogen) atoms. The van der Waals surface area contributed by atoms with Gasteiger partial charge in [-0.1, -0.05) is 12.1 Å². The number of hydrogen-bond acceptors (Lipinski definition) is 5. The van der Waals surface area contributed by atoms with Gasteiger partial charge in [0.2, 0.25) is 11.8 Å². The van der Waals surface area contributed by atoms with Gasteiger partial charge in [0.05, 0.1) is 35.9 Å². The third kappa shape index (κ3) is 4.11. The standard InChI is InChI=1S/C22H21FN4O4/c1-31-19-5-3-2-4-18(19)27-12-14(10-20(27)28)21(29)24-8-9-26-13-25-17-7-6-15(23)11-16(17)22(26)30/h2-7,11,13-14H,8-10,12H2,1H3,(H,24,29). The molecule has 1 fully saturated rings. The fraction of sp³-hybridized carbons (Fsp3) is 0.273. The third-order valence-electron chi connectivity index (χ3n) is 5.31. The molecular weight excluding hydrogens is 403 g/mol. The first-order valence-corrected chi connectivity index (χ1v) is 9.83. The molecule has 0 spiro atoms. The number of carbonyl (C=O) groups is 2. The summed E-state index contributed by atoms with van der Waals surface area (Å²) in [6, 6.07) is 11.0. The molecule has 160 valence electrons. The predicted molar refractivity (Wildman–Crippen MR) is 112 cm³/mol. The van der Waals surface area contributed by atoms with E-state index in [1.165, 1.54) is 30.1 Å². The van der Waals surface area contributed by atoms with Gasteiger partial charge >= 0.3 is 0 Å². The zero-order chi connectivity index (χ0) is 22.0. The number of benzene rings is 2. The first-order valence-electron chi connectivity index (χ1n) is 9.83. The Hall–Kier alpha value is -3.75. The van der Waals surface area contributed by atoms with E-state index in [2.05, 4.69) is 10.3 Å². The van der Waals surface area contributed by atoms with Gasteiger partial charge in [-0.2, -0.15) is 0 Å². The number of nitrogens with zero attached hydrogens (tertiary/aromatic N) is 3. The van der Waals surface area contributed by atoms with Crippen molar-refractivity contribution in [2.75, 3.05) is 25.1 Å². The molecule has 0 radical (unpaired) electrons. The first-order chi connectivity index (χ1) is 15.0. The Labute approximate surface area is 177 Å². The van der Waals surface area contributed by atoms with E-state index >= 15 is 0 Å². The summed E-state index contributed by atoms with van der Waals surface area (Å²) in [4.78, 5) is 43.2. The summed E-state index contributed by atoms with van der Waals surface area (Å²) in [6.45, 7) is 0.614. The van der Waals surface area contributed by atoms with E-state index < -0.39 is 11.7 Å². The summed E-state index contributed by atoms with van der Waals surface area (Å²) in [5.41, 5.74) is 0.663. The molecule has 1 aliphatic heterocycles. The van der Waals surface area contributed by atoms with E-state index in [0.29, 0.717) is 17.0 Å². The molecule has 8 nitrogen and oxygen atoms in total. The maximum absolute atomic E-state index is 13.4. The maximum atomic E-state index is 13.4. The van der Waals surface area contributed by atoms with Gasteiger partial charge in [0.25, 0.3) is 5.56 Å². The number of carbonyl (C=O) groups excluding carboxylic acids is 2. The number of methoxy groups -OCH3 is 1. The molecule has 0 saturated carbocycles. The first kappa shape index (κ1) is 20.5. The molecule has 1 aliphatic rings. The van der Waals surface area contributed by atoms with Crippen LogP contribution in [0.3, 0.4) is 0 Å². The van der Waals surface area contributed by atoms with Crippen LogP contribution in [-0.4, -0.2) is 41.6 Å². The second kappa shape index (κ2) is 8.55. The van der Waals surface area contributed by atoms with Crippen molar-refractivity contribution in [1.82, 2.24) is 14.9 Å². The highest BCUT2D eigenvalue weighted by Gasteiger charge is 2.36. The van der Waals surface area contributed by atoms with Crippen molar-refractivity contribution in [1.29, 1.82) is 0 Å². The highest BCUT2D eigenvalue weighted by atomic mass is 19.1. The van der Waals surface area contributed by atoms with Gasteiger partial charge in [0.1, 0.15) is 11.6 Å². The van der Waals surface area contributed by atoms with Crippen molar-refractivity contribution in [2.45, 2.75) is 13.0 Å². The minimum atomic E-state index is -0.511. The molecule has 1 N–H and O–H groups in total. The van der Waals surface area contributed by atoms with E-state index in [9.17, 15) is 18.8 Å². The van der Waals surface area contributed by atoms with Gasteiger partial charge in [-0.05, 0) is 30.3 Å². The number of fused-ring (bicyclic) bond motifs is 1. The number of rotatable bonds is 6. The van der Waals surface area contributed by atoms with Crippen LogP contribution in [0.1, 0.15) is 6.42 Å². The zero-order valence-electron chi connectivity index (χ0n) is 16.9. The predicted octanol–water partition coefficient (Wildman–Crippen LogP) is 1.71. The van der Waals surface area contributed by atoms with Crippen LogP contribution in [0.15, 0.2) is 53.6 Å². The van der Waals surface area contributed by atoms with E-state index in [1.54, 1.807) is 23.1 Å². The van der Waals surface area contributed by atoms with Crippen LogP contribution < -0.4 is 20.5 Å². The molecular formula is C22H21FN4O4. The number of amides is 2. The smallest absolute Gasteiger partial charge is 0.261 e. The fourth-order valence-corrected chi connectivity index (χ4v) is 3.70. The highest BCUT2D eigenvalue weighted by Crippen LogP contribution is 2.32. The van der Waals surface area contributed by atoms with E-state index in [0.717, 1.165) is 6.07 Å². The van der Waals surface area contributed by atoms with E-state index in [4.69, 9.17) is 4.74 Å². The Morgan fingerprint density at radius 3 is 2.87 bits per heavy atom. The summed E-state index contributed by atoms with van der Waals surface area (Å²) in [5.74, 6) is -0.863. The Kier molecular flexibility index (Phi) is 5.66. The summed E-state index contributed by atoms with van der Waals surface area (Å²) < 4.78 is 20.1. The quantitative estimate of drug-likeness (QED) is 0.650. The normalized spacial score (nSPS) is 16.0. The second-order valence-corrected chi connectivity index (χ2v) is 7.27. The minimum Gasteiger partial charge on any atom is -0.495 e. The summed E-state index contributed by atoms with van der Waals surface area (Å²) in [6.07, 6.45) is 1.47. The Bertz CT molecular complexity index is 1210. The lowest BCUT2D eigenvalue weighted by Crippen LogP contribution is -2.36. The van der Waals surface area contributed by atoms with Crippen LogP contribution in [-0.2, 0) is 16.1 Å². The van der Waals surface area contributed by atoms with Crippen molar-refractivity contribution in [3.05, 3.63) is 65.0 Å². The van der Waals surface area contributed by atoms with Gasteiger partial charge in [-0.3, -0.25) is 19.0 Å². The van der Waals surface area contributed by atoms with Crippen LogP contribution in [0.2, 0.25) is 0 Å². The molecule has 1 saturated heterocycles. The molecule has 4 rings (SSSR count). The molecule has 3 aromatic rings. The average Bonchev–Trinajstić information content (AvgIpc) is 3.17. The number of anilines is 1. The number of nitrogens with one attached hydrogen (secondary N) is 1. The SMILES string of the molecule is COc1ccccc1N1CC(C(=O)NCCn2cnc3ccc(F)cc3c2=O)CC1=O. The second-order valence-electron chi connectivity index (χ2n) is 7.27. The van der Waals surface area contributed by atoms with E-state index in [-0.39, 0.29) is 48.8 Å². The Morgan fingerprint density at radius 2 is 2.06 bits per heavy atom. The van der Waals surface area contributed by atoms with Gasteiger partial charge in [-0.15, -0.1) is 0 Å². The summed E-state index contributed by atoms with van der Waals surface area (Å²) in [5, 5.41) is 2.95. The molecule has 1 unspecified atom stereocenters. The number of aromatic nitrogens is 2. The maximum Gasteiger partial charge on any atom is 0.261 e. The number of para-hydroxylation sites is 2. The van der Waals surface area contributed by atoms with Gasteiger partial charge in [-0.25, -0.2) is 9.37 Å². The van der Waals surface area contributed by atoms with Crippen molar-refractivity contribution in [3.63, 3.8) is 0 Å². The molecule has 9 heteroatoms. The van der Waals surface area contributed by atoms with Gasteiger partial charge < -0.3 is 15.0 Å². The van der Waals surface area contributed by atoms with Crippen molar-refractivity contribution in [2.24, 2.45) is 5.92 Å². The molecule has 1 aromatic heterocycles. The molecule has 2 aromatic carbocycles. The van der Waals surface area contributed by atoms with Crippen molar-refractivity contribution in [3.8, 4) is 5.75 Å². The highest BCUT2D eigenvalue weighted by molar-refractivity contribution is 6.01. The van der Waals surface area contributed by atoms with Crippen LogP contribution >= 0.6 is 0 Å². The topological polar surface area (TPSA) is 93.5 Å². The Morgan fingerprint density at radius 1 is 1.26 bits per heavy atom. The third-order valence-corrected chi connectivity index (χ3v) is 5.31. The molecule has 0 aliphatic carbocycles. The number of halogens is 1. The zero-order valence-corrected chi connectivity index (χ0v) is 16.9. The van der Waals surface area contributed by atoms with Crippen LogP contribution in [0, 0.1) is 11.7 Å². The lowest BCUT2D eigenvalue weighted by Gasteiger charge is -2.19. The lowest BCUT2D eigenvalue weighted by atomic mass is 10.1. The molecule has 0 bridgehead atoms. The molecule has 2 heterocycles. The van der Waals surface area contributed by atoms with Gasteiger partial charge in [0.15, 0.2) is 0 Å². The lowest BCUT2D eigenvalue weighted by molar-refractivity contribution is -0.126. The Balaban J connectivity index is 1.39. The largest absolute Gasteiger partial charge is 0.495 e. The number of ether oxygens (including phenoxy) is 1. The van der Waals surface area contributed by atoms with Gasteiger partial charge in [0, 0.05) is 26.1 Å². The molecule has 2 amide bonds. The molecule has 1 atom stereocenters. The van der Waals surface area contributed by atoms with Crippen molar-refractivity contribution >= 4 is 28.4 Å². The summed E-state index contributed by atoms with van der Waals surface area (Å²) in [7, 11) is 1.53. The van der Waals surface area contributed by atoms with Crippen LogP contribution in [0.4, 0.5) is 10.1 Å². The fourth-order valence-electron chi connectivity index (χ4n) is 3.70. The minimum absolute atomic E-state index is 0.0979. The van der Waals surface area contributed by atoms with Crippen LogP contribution in [0.25, 0.3) is 10.9 Å². The van der Waals surface area contributed by atoms with Crippen LogP contribution in [0.5, 0.6) is 5.75 Å². The number of hydrogen-bond donors (Lipinski definition) is 1. The van der Waals surface area contributed by atoms with E-state index in [1.807, 2.05) is 6.07 Å². The average molecular weight is 424 g/mol. The monoisotopic (exact) mass is 424 g/mol. The summed E-state index contributed by atoms with van der Waals surface area (Å²) >= 11 is 0.